The summed E-state index contributed by atoms with van der Waals surface area (Å²) in [5, 5.41) is 2.97. The fraction of sp³-hybridized carbons (Fsp3) is 0.350. The number of nitrogens with one attached hydrogen (secondary N) is 1. The number of benzene rings is 2. The van der Waals surface area contributed by atoms with Crippen LogP contribution in [0.3, 0.4) is 0 Å². The Balaban J connectivity index is 1.68. The third kappa shape index (κ3) is 4.12. The standard InChI is InChI=1S/C20H24N2O3/c1-24-19-12-15-5-2-4-14(15)10-17(19)13-22-20(23)16-6-3-7-18(11-16)25-9-8-21/h3,6-7,10-12H,2,4-5,8-9,13,21H2,1H3,(H,22,23). The topological polar surface area (TPSA) is 73.6 Å². The van der Waals surface area contributed by atoms with Crippen LogP contribution in [0.1, 0.15) is 33.5 Å². The number of aryl methyl sites for hydroxylation is 2. The van der Waals surface area contributed by atoms with Gasteiger partial charge in [0.2, 0.25) is 0 Å². The van der Waals surface area contributed by atoms with Gasteiger partial charge in [-0.15, -0.1) is 0 Å². The van der Waals surface area contributed by atoms with Gasteiger partial charge in [-0.2, -0.15) is 0 Å². The van der Waals surface area contributed by atoms with E-state index in [0.717, 1.165) is 24.2 Å². The first-order valence-corrected chi connectivity index (χ1v) is 8.61. The first kappa shape index (κ1) is 17.3. The second kappa shape index (κ2) is 8.03. The molecule has 0 aromatic heterocycles. The molecule has 3 rings (SSSR count). The van der Waals surface area contributed by atoms with Gasteiger partial charge in [-0.3, -0.25) is 4.79 Å². The fourth-order valence-electron chi connectivity index (χ4n) is 3.16. The van der Waals surface area contributed by atoms with Crippen LogP contribution >= 0.6 is 0 Å². The van der Waals surface area contributed by atoms with Crippen molar-refractivity contribution in [1.29, 1.82) is 0 Å². The van der Waals surface area contributed by atoms with Crippen molar-refractivity contribution in [2.75, 3.05) is 20.3 Å². The molecule has 0 bridgehead atoms. The number of rotatable bonds is 7. The van der Waals surface area contributed by atoms with Crippen molar-refractivity contribution >= 4 is 5.91 Å². The summed E-state index contributed by atoms with van der Waals surface area (Å²) in [5.41, 5.74) is 9.73. The van der Waals surface area contributed by atoms with Crippen LogP contribution in [-0.2, 0) is 19.4 Å². The van der Waals surface area contributed by atoms with E-state index in [1.807, 2.05) is 6.07 Å². The minimum atomic E-state index is -0.138. The molecule has 1 amide bonds. The van der Waals surface area contributed by atoms with Crippen molar-refractivity contribution in [2.24, 2.45) is 5.73 Å². The van der Waals surface area contributed by atoms with Crippen LogP contribution in [0, 0.1) is 0 Å². The van der Waals surface area contributed by atoms with E-state index in [1.54, 1.807) is 25.3 Å². The monoisotopic (exact) mass is 340 g/mol. The highest BCUT2D eigenvalue weighted by Gasteiger charge is 2.16. The molecule has 0 saturated carbocycles. The number of methoxy groups -OCH3 is 1. The smallest absolute Gasteiger partial charge is 0.251 e. The van der Waals surface area contributed by atoms with Crippen molar-refractivity contribution in [2.45, 2.75) is 25.8 Å². The van der Waals surface area contributed by atoms with E-state index in [0.29, 0.717) is 31.0 Å². The molecule has 5 heteroatoms. The predicted octanol–water partition coefficient (Wildman–Crippen LogP) is 2.45. The number of hydrogen-bond acceptors (Lipinski definition) is 4. The van der Waals surface area contributed by atoms with Gasteiger partial charge in [0.1, 0.15) is 18.1 Å². The molecular weight excluding hydrogens is 316 g/mol. The maximum atomic E-state index is 12.4. The van der Waals surface area contributed by atoms with Crippen LogP contribution < -0.4 is 20.5 Å². The lowest BCUT2D eigenvalue weighted by atomic mass is 10.0. The zero-order chi connectivity index (χ0) is 17.6. The first-order valence-electron chi connectivity index (χ1n) is 8.61. The molecule has 0 heterocycles. The van der Waals surface area contributed by atoms with Crippen LogP contribution in [-0.4, -0.2) is 26.2 Å². The van der Waals surface area contributed by atoms with Gasteiger partial charge in [-0.1, -0.05) is 12.1 Å². The van der Waals surface area contributed by atoms with E-state index >= 15 is 0 Å². The molecule has 132 valence electrons. The number of carbonyl (C=O) groups excluding carboxylic acids is 1. The highest BCUT2D eigenvalue weighted by molar-refractivity contribution is 5.94. The lowest BCUT2D eigenvalue weighted by Gasteiger charge is -2.13. The molecule has 0 spiro atoms. The molecule has 25 heavy (non-hydrogen) atoms. The van der Waals surface area contributed by atoms with Gasteiger partial charge in [0.25, 0.3) is 5.91 Å². The van der Waals surface area contributed by atoms with Gasteiger partial charge in [-0.05, 0) is 54.7 Å². The maximum Gasteiger partial charge on any atom is 0.251 e. The molecular formula is C20H24N2O3. The van der Waals surface area contributed by atoms with Crippen molar-refractivity contribution < 1.29 is 14.3 Å². The Morgan fingerprint density at radius 3 is 2.76 bits per heavy atom. The van der Waals surface area contributed by atoms with Crippen LogP contribution in [0.15, 0.2) is 36.4 Å². The Kier molecular flexibility index (Phi) is 5.56. The summed E-state index contributed by atoms with van der Waals surface area (Å²) in [7, 11) is 1.67. The van der Waals surface area contributed by atoms with Crippen LogP contribution in [0.5, 0.6) is 11.5 Å². The second-order valence-electron chi connectivity index (χ2n) is 6.13. The Bertz CT molecular complexity index is 759. The van der Waals surface area contributed by atoms with Crippen molar-refractivity contribution in [1.82, 2.24) is 5.32 Å². The molecule has 5 nitrogen and oxygen atoms in total. The molecule has 0 aliphatic heterocycles. The molecule has 0 saturated heterocycles. The van der Waals surface area contributed by atoms with Gasteiger partial charge >= 0.3 is 0 Å². The Morgan fingerprint density at radius 1 is 1.20 bits per heavy atom. The lowest BCUT2D eigenvalue weighted by Crippen LogP contribution is -2.23. The van der Waals surface area contributed by atoms with Gasteiger partial charge < -0.3 is 20.5 Å². The Hall–Kier alpha value is -2.53. The number of nitrogens with two attached hydrogens (primary N) is 1. The average molecular weight is 340 g/mol. The summed E-state index contributed by atoms with van der Waals surface area (Å²) >= 11 is 0. The summed E-state index contributed by atoms with van der Waals surface area (Å²) < 4.78 is 11.0. The third-order valence-corrected chi connectivity index (χ3v) is 4.42. The molecule has 2 aromatic rings. The molecule has 2 aromatic carbocycles. The number of carbonyl (C=O) groups is 1. The van der Waals surface area contributed by atoms with E-state index in [2.05, 4.69) is 17.4 Å². The zero-order valence-corrected chi connectivity index (χ0v) is 14.5. The van der Waals surface area contributed by atoms with Crippen LogP contribution in [0.4, 0.5) is 0 Å². The average Bonchev–Trinajstić information content (AvgIpc) is 3.11. The number of fused-ring (bicyclic) bond motifs is 1. The van der Waals surface area contributed by atoms with E-state index in [1.165, 1.54) is 17.5 Å². The summed E-state index contributed by atoms with van der Waals surface area (Å²) in [6.45, 7) is 1.30. The molecule has 1 aliphatic rings. The number of ether oxygens (including phenoxy) is 2. The van der Waals surface area contributed by atoms with E-state index in [9.17, 15) is 4.79 Å². The maximum absolute atomic E-state index is 12.4. The molecule has 0 unspecified atom stereocenters. The molecule has 3 N–H and O–H groups in total. The van der Waals surface area contributed by atoms with Crippen molar-refractivity contribution in [3.63, 3.8) is 0 Å². The number of hydrogen-bond donors (Lipinski definition) is 2. The minimum absolute atomic E-state index is 0.138. The lowest BCUT2D eigenvalue weighted by molar-refractivity contribution is 0.0950. The fourth-order valence-corrected chi connectivity index (χ4v) is 3.16. The quantitative estimate of drug-likeness (QED) is 0.812. The van der Waals surface area contributed by atoms with Crippen LogP contribution in [0.25, 0.3) is 0 Å². The SMILES string of the molecule is COc1cc2c(cc1CNC(=O)c1cccc(OCCN)c1)CCC2. The largest absolute Gasteiger partial charge is 0.496 e. The molecule has 0 atom stereocenters. The van der Waals surface area contributed by atoms with Gasteiger partial charge in [0, 0.05) is 24.2 Å². The second-order valence-corrected chi connectivity index (χ2v) is 6.13. The van der Waals surface area contributed by atoms with E-state index < -0.39 is 0 Å². The first-order chi connectivity index (χ1) is 12.2. The molecule has 1 aliphatic carbocycles. The highest BCUT2D eigenvalue weighted by atomic mass is 16.5. The van der Waals surface area contributed by atoms with Gasteiger partial charge in [0.05, 0.1) is 7.11 Å². The summed E-state index contributed by atoms with van der Waals surface area (Å²) in [6, 6.07) is 11.4. The molecule has 0 radical (unpaired) electrons. The normalized spacial score (nSPS) is 12.6. The third-order valence-electron chi connectivity index (χ3n) is 4.42. The van der Waals surface area contributed by atoms with E-state index in [-0.39, 0.29) is 5.91 Å². The molecule has 0 fully saturated rings. The van der Waals surface area contributed by atoms with Gasteiger partial charge in [-0.25, -0.2) is 0 Å². The number of amides is 1. The van der Waals surface area contributed by atoms with E-state index in [4.69, 9.17) is 15.2 Å². The van der Waals surface area contributed by atoms with Crippen molar-refractivity contribution in [3.05, 3.63) is 58.7 Å². The highest BCUT2D eigenvalue weighted by Crippen LogP contribution is 2.29. The van der Waals surface area contributed by atoms with Crippen molar-refractivity contribution in [3.8, 4) is 11.5 Å². The Labute approximate surface area is 148 Å². The predicted molar refractivity (Wildman–Crippen MR) is 97.2 cm³/mol. The van der Waals surface area contributed by atoms with Gasteiger partial charge in [0.15, 0.2) is 0 Å². The van der Waals surface area contributed by atoms with Crippen LogP contribution in [0.2, 0.25) is 0 Å². The minimum Gasteiger partial charge on any atom is -0.496 e. The summed E-state index contributed by atoms with van der Waals surface area (Å²) in [5.74, 6) is 1.34. The summed E-state index contributed by atoms with van der Waals surface area (Å²) in [6.07, 6.45) is 3.39. The summed E-state index contributed by atoms with van der Waals surface area (Å²) in [4.78, 5) is 12.4. The Morgan fingerprint density at radius 2 is 2.00 bits per heavy atom. The zero-order valence-electron chi connectivity index (χ0n) is 14.5.